The van der Waals surface area contributed by atoms with Crippen molar-refractivity contribution in [3.05, 3.63) is 24.5 Å². The first-order chi connectivity index (χ1) is 15.7. The van der Waals surface area contributed by atoms with Crippen LogP contribution >= 0.6 is 0 Å². The zero-order valence-electron chi connectivity index (χ0n) is 18.7. The Labute approximate surface area is 189 Å². The lowest BCUT2D eigenvalue weighted by molar-refractivity contribution is -0.147. The van der Waals surface area contributed by atoms with Crippen molar-refractivity contribution in [2.24, 2.45) is 11.8 Å². The average molecular weight is 440 g/mol. The molecule has 0 radical (unpaired) electrons. The summed E-state index contributed by atoms with van der Waals surface area (Å²) in [5.74, 6) is 2.69. The molecule has 1 amide bonds. The van der Waals surface area contributed by atoms with Crippen LogP contribution < -0.4 is 0 Å². The van der Waals surface area contributed by atoms with Crippen LogP contribution in [0.15, 0.2) is 23.1 Å². The van der Waals surface area contributed by atoms with Crippen LogP contribution in [0.25, 0.3) is 11.5 Å². The predicted octanol–water partition coefficient (Wildman–Crippen LogP) is 3.83. The molecule has 0 aromatic carbocycles. The van der Waals surface area contributed by atoms with E-state index in [9.17, 15) is 4.79 Å². The maximum absolute atomic E-state index is 12.7. The zero-order chi connectivity index (χ0) is 21.8. The lowest BCUT2D eigenvalue weighted by Gasteiger charge is -2.46. The molecule has 1 saturated carbocycles. The molecule has 172 valence electrons. The number of nitrogens with zero attached hydrogens (tertiary/aromatic N) is 5. The van der Waals surface area contributed by atoms with Gasteiger partial charge in [-0.3, -0.25) is 9.78 Å². The second-order valence-electron chi connectivity index (χ2n) is 9.77. The van der Waals surface area contributed by atoms with Crippen LogP contribution in [0.1, 0.15) is 70.1 Å². The van der Waals surface area contributed by atoms with Crippen molar-refractivity contribution in [3.8, 4) is 11.5 Å². The fourth-order valence-corrected chi connectivity index (χ4v) is 5.70. The van der Waals surface area contributed by atoms with E-state index in [4.69, 9.17) is 9.26 Å². The molecule has 1 spiro atoms. The molecule has 2 aliphatic heterocycles. The highest BCUT2D eigenvalue weighted by molar-refractivity contribution is 5.76. The zero-order valence-corrected chi connectivity index (χ0v) is 18.7. The van der Waals surface area contributed by atoms with Crippen LogP contribution in [-0.2, 0) is 16.0 Å². The van der Waals surface area contributed by atoms with E-state index in [-0.39, 0.29) is 5.60 Å². The maximum atomic E-state index is 12.7. The van der Waals surface area contributed by atoms with Crippen molar-refractivity contribution >= 4 is 5.91 Å². The third kappa shape index (κ3) is 5.00. The molecule has 2 aromatic rings. The predicted molar refractivity (Wildman–Crippen MR) is 117 cm³/mol. The minimum Gasteiger partial charge on any atom is -0.375 e. The summed E-state index contributed by atoms with van der Waals surface area (Å²) in [6.07, 6.45) is 16.6. The van der Waals surface area contributed by atoms with Crippen LogP contribution in [0.4, 0.5) is 0 Å². The first kappa shape index (κ1) is 21.5. The summed E-state index contributed by atoms with van der Waals surface area (Å²) < 4.78 is 11.8. The normalized spacial score (nSPS) is 23.6. The summed E-state index contributed by atoms with van der Waals surface area (Å²) in [5.41, 5.74) is 0.509. The van der Waals surface area contributed by atoms with Gasteiger partial charge in [-0.25, -0.2) is 4.98 Å². The first-order valence-electron chi connectivity index (χ1n) is 12.2. The summed E-state index contributed by atoms with van der Waals surface area (Å²) in [4.78, 5) is 27.6. The van der Waals surface area contributed by atoms with E-state index in [0.717, 1.165) is 64.1 Å². The summed E-state index contributed by atoms with van der Waals surface area (Å²) in [6.45, 7) is 2.38. The molecule has 2 saturated heterocycles. The molecule has 0 bridgehead atoms. The average Bonchev–Trinajstić information content (AvgIpc) is 3.51. The van der Waals surface area contributed by atoms with Gasteiger partial charge in [0.25, 0.3) is 0 Å². The fourth-order valence-electron chi connectivity index (χ4n) is 5.70. The number of amides is 1. The smallest absolute Gasteiger partial charge is 0.227 e. The van der Waals surface area contributed by atoms with Gasteiger partial charge < -0.3 is 14.2 Å². The highest BCUT2D eigenvalue weighted by Crippen LogP contribution is 2.39. The van der Waals surface area contributed by atoms with Gasteiger partial charge in [-0.2, -0.15) is 4.98 Å². The Balaban J connectivity index is 1.12. The number of hydrogen-bond donors (Lipinski definition) is 0. The number of carbonyl (C=O) groups excluding carboxylic acids is 1. The van der Waals surface area contributed by atoms with Crippen molar-refractivity contribution < 1.29 is 14.1 Å². The Kier molecular flexibility index (Phi) is 6.48. The van der Waals surface area contributed by atoms with Crippen LogP contribution in [0.5, 0.6) is 0 Å². The topological polar surface area (TPSA) is 94.2 Å². The molecular weight excluding hydrogens is 406 g/mol. The van der Waals surface area contributed by atoms with Crippen molar-refractivity contribution in [3.63, 3.8) is 0 Å². The molecule has 4 heterocycles. The number of ether oxygens (including phenoxy) is 1. The van der Waals surface area contributed by atoms with Crippen LogP contribution in [0, 0.1) is 11.8 Å². The molecule has 1 unspecified atom stereocenters. The largest absolute Gasteiger partial charge is 0.375 e. The first-order valence-corrected chi connectivity index (χ1v) is 12.2. The summed E-state index contributed by atoms with van der Waals surface area (Å²) in [5, 5.41) is 4.07. The van der Waals surface area contributed by atoms with Gasteiger partial charge in [-0.05, 0) is 43.9 Å². The molecule has 0 N–H and O–H groups in total. The van der Waals surface area contributed by atoms with Crippen molar-refractivity contribution in [2.45, 2.75) is 76.2 Å². The second-order valence-corrected chi connectivity index (χ2v) is 9.77. The van der Waals surface area contributed by atoms with Crippen LogP contribution in [0.3, 0.4) is 0 Å². The van der Waals surface area contributed by atoms with Gasteiger partial charge in [0.05, 0.1) is 11.8 Å². The number of carbonyl (C=O) groups is 1. The van der Waals surface area contributed by atoms with E-state index in [1.165, 1.54) is 25.7 Å². The minimum atomic E-state index is -0.112. The number of likely N-dealkylation sites (tertiary alicyclic amines) is 1. The van der Waals surface area contributed by atoms with Gasteiger partial charge in [0.1, 0.15) is 5.69 Å². The molecule has 8 nitrogen and oxygen atoms in total. The van der Waals surface area contributed by atoms with E-state index < -0.39 is 0 Å². The van der Waals surface area contributed by atoms with Gasteiger partial charge in [-0.15, -0.1) is 0 Å². The van der Waals surface area contributed by atoms with Gasteiger partial charge in [0, 0.05) is 44.9 Å². The molecular formula is C24H33N5O3. The molecule has 1 atom stereocenters. The van der Waals surface area contributed by atoms with Gasteiger partial charge in [0.2, 0.25) is 17.6 Å². The Morgan fingerprint density at radius 3 is 2.75 bits per heavy atom. The van der Waals surface area contributed by atoms with Gasteiger partial charge in [0.15, 0.2) is 0 Å². The molecule has 5 rings (SSSR count). The van der Waals surface area contributed by atoms with Crippen molar-refractivity contribution in [1.29, 1.82) is 0 Å². The molecule has 3 aliphatic rings. The van der Waals surface area contributed by atoms with E-state index in [2.05, 4.69) is 25.0 Å². The van der Waals surface area contributed by atoms with E-state index >= 15 is 0 Å². The van der Waals surface area contributed by atoms with E-state index in [0.29, 0.717) is 35.7 Å². The second kappa shape index (κ2) is 9.65. The lowest BCUT2D eigenvalue weighted by Crippen LogP contribution is -2.51. The van der Waals surface area contributed by atoms with Crippen LogP contribution in [-0.4, -0.2) is 56.2 Å². The fraction of sp³-hybridized carbons (Fsp3) is 0.708. The monoisotopic (exact) mass is 439 g/mol. The SMILES string of the molecule is O=C(CCC1CCCC1)N1CCC2(CC1)CC(Cc1nc(-c3cnccn3)no1)CCO2. The highest BCUT2D eigenvalue weighted by Gasteiger charge is 2.41. The molecule has 2 aromatic heterocycles. The van der Waals surface area contributed by atoms with E-state index in [1.54, 1.807) is 18.6 Å². The molecule has 1 aliphatic carbocycles. The lowest BCUT2D eigenvalue weighted by atomic mass is 9.78. The summed E-state index contributed by atoms with van der Waals surface area (Å²) >= 11 is 0. The van der Waals surface area contributed by atoms with Gasteiger partial charge in [-0.1, -0.05) is 30.8 Å². The third-order valence-corrected chi connectivity index (χ3v) is 7.59. The van der Waals surface area contributed by atoms with E-state index in [1.807, 2.05) is 0 Å². The highest BCUT2D eigenvalue weighted by atomic mass is 16.5. The molecule has 32 heavy (non-hydrogen) atoms. The van der Waals surface area contributed by atoms with Crippen molar-refractivity contribution in [1.82, 2.24) is 25.0 Å². The standard InChI is InChI=1S/C24H33N5O3/c30-22(6-5-18-3-1-2-4-18)29-12-8-24(9-13-29)16-19(7-14-31-24)15-21-27-23(28-32-21)20-17-25-10-11-26-20/h10-11,17-19H,1-9,12-16H2. The van der Waals surface area contributed by atoms with Crippen molar-refractivity contribution in [2.75, 3.05) is 19.7 Å². The maximum Gasteiger partial charge on any atom is 0.227 e. The summed E-state index contributed by atoms with van der Waals surface area (Å²) in [6, 6.07) is 0. The number of aromatic nitrogens is 4. The third-order valence-electron chi connectivity index (χ3n) is 7.59. The number of piperidine rings is 1. The Morgan fingerprint density at radius 2 is 1.97 bits per heavy atom. The Hall–Kier alpha value is -2.35. The van der Waals surface area contributed by atoms with Gasteiger partial charge >= 0.3 is 0 Å². The van der Waals surface area contributed by atoms with Crippen LogP contribution in [0.2, 0.25) is 0 Å². The number of hydrogen-bond acceptors (Lipinski definition) is 7. The Bertz CT molecular complexity index is 888. The quantitative estimate of drug-likeness (QED) is 0.675. The summed E-state index contributed by atoms with van der Waals surface area (Å²) in [7, 11) is 0. The molecule has 8 heteroatoms. The molecule has 3 fully saturated rings. The minimum absolute atomic E-state index is 0.112. The Morgan fingerprint density at radius 1 is 1.12 bits per heavy atom. The number of rotatable bonds is 6.